The first-order valence-electron chi connectivity index (χ1n) is 9.14. The molecule has 7 heteroatoms. The van der Waals surface area contributed by atoms with Crippen molar-refractivity contribution in [3.8, 4) is 5.75 Å². The summed E-state index contributed by atoms with van der Waals surface area (Å²) in [5.41, 5.74) is 1.68. The summed E-state index contributed by atoms with van der Waals surface area (Å²) in [4.78, 5) is 37.4. The van der Waals surface area contributed by atoms with Gasteiger partial charge in [0.2, 0.25) is 5.91 Å². The molecule has 0 radical (unpaired) electrons. The quantitative estimate of drug-likeness (QED) is 0.650. The van der Waals surface area contributed by atoms with Crippen LogP contribution in [0, 0.1) is 6.92 Å². The van der Waals surface area contributed by atoms with Gasteiger partial charge in [0.15, 0.2) is 6.10 Å². The summed E-state index contributed by atoms with van der Waals surface area (Å²) in [5, 5.41) is 3.50. The Labute approximate surface area is 167 Å². The largest absolute Gasteiger partial charge is 0.481 e. The summed E-state index contributed by atoms with van der Waals surface area (Å²) >= 11 is 0. The molecule has 2 amide bonds. The maximum Gasteiger partial charge on any atom is 0.336 e. The normalized spacial score (nSPS) is 11.7. The molecule has 3 aromatic rings. The van der Waals surface area contributed by atoms with Crippen molar-refractivity contribution in [2.24, 2.45) is 0 Å². The van der Waals surface area contributed by atoms with Crippen LogP contribution in [0.25, 0.3) is 11.0 Å². The summed E-state index contributed by atoms with van der Waals surface area (Å²) < 4.78 is 10.8. The van der Waals surface area contributed by atoms with Crippen LogP contribution in [0.15, 0.2) is 63.8 Å². The van der Waals surface area contributed by atoms with Crippen molar-refractivity contribution in [2.45, 2.75) is 20.0 Å². The van der Waals surface area contributed by atoms with E-state index in [0.717, 1.165) is 10.9 Å². The summed E-state index contributed by atoms with van der Waals surface area (Å²) in [6.45, 7) is 3.46. The summed E-state index contributed by atoms with van der Waals surface area (Å²) in [6, 6.07) is 15.4. The van der Waals surface area contributed by atoms with E-state index in [9.17, 15) is 14.4 Å². The molecule has 29 heavy (non-hydrogen) atoms. The van der Waals surface area contributed by atoms with Crippen molar-refractivity contribution in [3.63, 3.8) is 0 Å². The van der Waals surface area contributed by atoms with E-state index in [-0.39, 0.29) is 18.4 Å². The van der Waals surface area contributed by atoms with Gasteiger partial charge in [-0.1, -0.05) is 17.7 Å². The molecule has 0 saturated carbocycles. The number of ether oxygens (including phenoxy) is 1. The minimum Gasteiger partial charge on any atom is -0.481 e. The fourth-order valence-electron chi connectivity index (χ4n) is 2.81. The van der Waals surface area contributed by atoms with E-state index < -0.39 is 11.7 Å². The number of nitrogens with zero attached hydrogens (tertiary/aromatic N) is 1. The highest BCUT2D eigenvalue weighted by molar-refractivity contribution is 5.95. The Balaban J connectivity index is 1.59. The first-order chi connectivity index (χ1) is 13.8. The summed E-state index contributed by atoms with van der Waals surface area (Å²) in [7, 11) is 1.54. The SMILES string of the molecule is Cc1ccc(NC(=O)CN(C)C(=O)[C@H](C)Oc2ccc3ccc(=O)oc3c2)cc1. The molecule has 150 valence electrons. The number of carbonyl (C=O) groups excluding carboxylic acids is 2. The lowest BCUT2D eigenvalue weighted by molar-refractivity contribution is -0.139. The number of carbonyl (C=O) groups is 2. The number of likely N-dealkylation sites (N-methyl/N-ethyl adjacent to an activating group) is 1. The van der Waals surface area contributed by atoms with E-state index in [0.29, 0.717) is 17.0 Å². The molecule has 0 aliphatic carbocycles. The van der Waals surface area contributed by atoms with Crippen molar-refractivity contribution in [2.75, 3.05) is 18.9 Å². The smallest absolute Gasteiger partial charge is 0.336 e. The third-order valence-electron chi connectivity index (χ3n) is 4.35. The number of hydrogen-bond acceptors (Lipinski definition) is 5. The van der Waals surface area contributed by atoms with Gasteiger partial charge in [-0.05, 0) is 44.2 Å². The standard InChI is InChI=1S/C22H22N2O5/c1-14-4-8-17(9-5-14)23-20(25)13-24(3)22(27)15(2)28-18-10-6-16-7-11-21(26)29-19(16)12-18/h4-12,15H,13H2,1-3H3,(H,23,25)/t15-/m0/s1. The lowest BCUT2D eigenvalue weighted by Gasteiger charge is -2.22. The predicted molar refractivity (Wildman–Crippen MR) is 110 cm³/mol. The molecule has 0 unspecified atom stereocenters. The van der Waals surface area contributed by atoms with Crippen molar-refractivity contribution in [1.29, 1.82) is 0 Å². The molecule has 0 spiro atoms. The van der Waals surface area contributed by atoms with Gasteiger partial charge in [-0.25, -0.2) is 4.79 Å². The van der Waals surface area contributed by atoms with Gasteiger partial charge in [0, 0.05) is 30.3 Å². The number of benzene rings is 2. The van der Waals surface area contributed by atoms with Gasteiger partial charge in [-0.15, -0.1) is 0 Å². The van der Waals surface area contributed by atoms with Crippen LogP contribution in [-0.2, 0) is 9.59 Å². The highest BCUT2D eigenvalue weighted by atomic mass is 16.5. The Morgan fingerprint density at radius 3 is 2.52 bits per heavy atom. The van der Waals surface area contributed by atoms with Gasteiger partial charge in [-0.3, -0.25) is 9.59 Å². The topological polar surface area (TPSA) is 88.9 Å². The van der Waals surface area contributed by atoms with E-state index in [1.165, 1.54) is 18.0 Å². The van der Waals surface area contributed by atoms with Gasteiger partial charge < -0.3 is 19.4 Å². The first-order valence-corrected chi connectivity index (χ1v) is 9.14. The Kier molecular flexibility index (Phi) is 5.97. The minimum atomic E-state index is -0.819. The van der Waals surface area contributed by atoms with Gasteiger partial charge in [-0.2, -0.15) is 0 Å². The fourth-order valence-corrected chi connectivity index (χ4v) is 2.81. The molecule has 0 aliphatic heterocycles. The second-order valence-electron chi connectivity index (χ2n) is 6.82. The molecular weight excluding hydrogens is 372 g/mol. The van der Waals surface area contributed by atoms with Crippen LogP contribution < -0.4 is 15.7 Å². The zero-order chi connectivity index (χ0) is 21.0. The van der Waals surface area contributed by atoms with Crippen LogP contribution in [0.3, 0.4) is 0 Å². The van der Waals surface area contributed by atoms with Crippen LogP contribution in [0.2, 0.25) is 0 Å². The van der Waals surface area contributed by atoms with Crippen LogP contribution in [0.1, 0.15) is 12.5 Å². The minimum absolute atomic E-state index is 0.104. The lowest BCUT2D eigenvalue weighted by atomic mass is 10.2. The monoisotopic (exact) mass is 394 g/mol. The predicted octanol–water partition coefficient (Wildman–Crippen LogP) is 2.97. The average molecular weight is 394 g/mol. The molecule has 2 aromatic carbocycles. The van der Waals surface area contributed by atoms with Gasteiger partial charge >= 0.3 is 5.63 Å². The van der Waals surface area contributed by atoms with Crippen molar-refractivity contribution in [1.82, 2.24) is 4.90 Å². The van der Waals surface area contributed by atoms with Crippen molar-refractivity contribution in [3.05, 3.63) is 70.6 Å². The zero-order valence-corrected chi connectivity index (χ0v) is 16.5. The molecule has 0 saturated heterocycles. The maximum absolute atomic E-state index is 12.5. The average Bonchev–Trinajstić information content (AvgIpc) is 2.68. The van der Waals surface area contributed by atoms with Crippen LogP contribution in [0.5, 0.6) is 5.75 Å². The van der Waals surface area contributed by atoms with Gasteiger partial charge in [0.1, 0.15) is 11.3 Å². The number of nitrogens with one attached hydrogen (secondary N) is 1. The van der Waals surface area contributed by atoms with E-state index >= 15 is 0 Å². The van der Waals surface area contributed by atoms with E-state index in [2.05, 4.69) is 5.32 Å². The number of fused-ring (bicyclic) bond motifs is 1. The fraction of sp³-hybridized carbons (Fsp3) is 0.227. The molecule has 1 atom stereocenters. The Morgan fingerprint density at radius 1 is 1.10 bits per heavy atom. The molecule has 7 nitrogen and oxygen atoms in total. The van der Waals surface area contributed by atoms with E-state index in [1.54, 1.807) is 43.3 Å². The van der Waals surface area contributed by atoms with Crippen LogP contribution >= 0.6 is 0 Å². The molecule has 0 aliphatic rings. The molecule has 1 aromatic heterocycles. The lowest BCUT2D eigenvalue weighted by Crippen LogP contribution is -2.41. The third kappa shape index (κ3) is 5.22. The number of amides is 2. The second kappa shape index (κ2) is 8.60. The van der Waals surface area contributed by atoms with Crippen molar-refractivity contribution >= 4 is 28.5 Å². The Bertz CT molecular complexity index is 1090. The second-order valence-corrected chi connectivity index (χ2v) is 6.82. The summed E-state index contributed by atoms with van der Waals surface area (Å²) in [6.07, 6.45) is -0.819. The van der Waals surface area contributed by atoms with Crippen LogP contribution in [-0.4, -0.2) is 36.4 Å². The van der Waals surface area contributed by atoms with Crippen molar-refractivity contribution < 1.29 is 18.7 Å². The number of anilines is 1. The molecule has 1 N–H and O–H groups in total. The highest BCUT2D eigenvalue weighted by Crippen LogP contribution is 2.20. The van der Waals surface area contributed by atoms with Gasteiger partial charge in [0.25, 0.3) is 5.91 Å². The third-order valence-corrected chi connectivity index (χ3v) is 4.35. The molecule has 0 bridgehead atoms. The van der Waals surface area contributed by atoms with Gasteiger partial charge in [0.05, 0.1) is 6.54 Å². The molecule has 1 heterocycles. The first kappa shape index (κ1) is 20.1. The zero-order valence-electron chi connectivity index (χ0n) is 16.5. The summed E-state index contributed by atoms with van der Waals surface area (Å²) in [5.74, 6) is -0.256. The number of aryl methyl sites for hydroxylation is 1. The highest BCUT2D eigenvalue weighted by Gasteiger charge is 2.21. The Hall–Kier alpha value is -3.61. The molecule has 3 rings (SSSR count). The number of hydrogen-bond donors (Lipinski definition) is 1. The Morgan fingerprint density at radius 2 is 1.79 bits per heavy atom. The molecular formula is C22H22N2O5. The van der Waals surface area contributed by atoms with E-state index in [4.69, 9.17) is 9.15 Å². The molecule has 0 fully saturated rings. The maximum atomic E-state index is 12.5. The van der Waals surface area contributed by atoms with E-state index in [1.807, 2.05) is 19.1 Å². The van der Waals surface area contributed by atoms with Crippen LogP contribution in [0.4, 0.5) is 5.69 Å². The number of rotatable bonds is 6.